The van der Waals surface area contributed by atoms with E-state index in [4.69, 9.17) is 32.4 Å². The van der Waals surface area contributed by atoms with E-state index in [9.17, 15) is 26.7 Å². The number of halogens is 7. The molecule has 0 saturated carbocycles. The van der Waals surface area contributed by atoms with Gasteiger partial charge in [-0.25, -0.2) is 26.9 Å². The first-order valence-corrected chi connectivity index (χ1v) is 10.2. The largest absolute Gasteiger partial charge is 0.479 e. The zero-order valence-corrected chi connectivity index (χ0v) is 18.4. The van der Waals surface area contributed by atoms with Crippen molar-refractivity contribution in [3.63, 3.8) is 0 Å². The number of oxazole rings is 1. The Morgan fingerprint density at radius 2 is 1.62 bits per heavy atom. The molecule has 0 aliphatic heterocycles. The SMILES string of the molecule is CC(Oc1ccc(Cl)cc1Cl)C(=O)Nc1ccc2oc(-c3c(F)c(F)c(F)c(F)c3F)nc2c1. The Balaban J connectivity index is 1.58. The number of benzene rings is 3. The predicted molar refractivity (Wildman–Crippen MR) is 114 cm³/mol. The topological polar surface area (TPSA) is 64.4 Å². The quantitative estimate of drug-likeness (QED) is 0.178. The van der Waals surface area contributed by atoms with Gasteiger partial charge in [0.25, 0.3) is 5.91 Å². The number of ether oxygens (including phenoxy) is 1. The molecule has 4 aromatic rings. The molecule has 1 atom stereocenters. The average Bonchev–Trinajstić information content (AvgIpc) is 3.21. The summed E-state index contributed by atoms with van der Waals surface area (Å²) in [7, 11) is 0. The average molecular weight is 517 g/mol. The van der Waals surface area contributed by atoms with E-state index in [1.807, 2.05) is 0 Å². The lowest BCUT2D eigenvalue weighted by atomic mass is 10.1. The van der Waals surface area contributed by atoms with Gasteiger partial charge in [-0.05, 0) is 43.3 Å². The van der Waals surface area contributed by atoms with Crippen LogP contribution in [0.25, 0.3) is 22.6 Å². The molecule has 0 bridgehead atoms. The molecule has 1 aromatic heterocycles. The number of anilines is 1. The number of nitrogens with one attached hydrogen (secondary N) is 1. The van der Waals surface area contributed by atoms with Gasteiger partial charge in [0.15, 0.2) is 35.0 Å². The maximum atomic E-state index is 14.1. The fourth-order valence-electron chi connectivity index (χ4n) is 2.96. The Bertz CT molecular complexity index is 1420. The van der Waals surface area contributed by atoms with Crippen molar-refractivity contribution in [3.05, 3.63) is 75.5 Å². The smallest absolute Gasteiger partial charge is 0.265 e. The van der Waals surface area contributed by atoms with E-state index >= 15 is 0 Å². The third-order valence-corrected chi connectivity index (χ3v) is 5.18. The summed E-state index contributed by atoms with van der Waals surface area (Å²) in [6, 6.07) is 8.45. The number of amides is 1. The van der Waals surface area contributed by atoms with E-state index in [1.165, 1.54) is 43.3 Å². The third kappa shape index (κ3) is 4.38. The molecule has 0 aliphatic carbocycles. The van der Waals surface area contributed by atoms with Crippen molar-refractivity contribution in [2.24, 2.45) is 0 Å². The number of carbonyl (C=O) groups excluding carboxylic acids is 1. The summed E-state index contributed by atoms with van der Waals surface area (Å²) in [6.07, 6.45) is -0.990. The number of rotatable bonds is 5. The van der Waals surface area contributed by atoms with Crippen molar-refractivity contribution in [2.75, 3.05) is 5.32 Å². The minimum absolute atomic E-state index is 0.00828. The number of aromatic nitrogens is 1. The molecule has 0 spiro atoms. The summed E-state index contributed by atoms with van der Waals surface area (Å²) in [5, 5.41) is 3.14. The van der Waals surface area contributed by atoms with E-state index in [0.717, 1.165) is 0 Å². The van der Waals surface area contributed by atoms with E-state index in [-0.39, 0.29) is 27.6 Å². The van der Waals surface area contributed by atoms with Crippen LogP contribution in [0.3, 0.4) is 0 Å². The molecule has 5 nitrogen and oxygen atoms in total. The van der Waals surface area contributed by atoms with Gasteiger partial charge in [-0.2, -0.15) is 0 Å². The Morgan fingerprint density at radius 1 is 0.971 bits per heavy atom. The van der Waals surface area contributed by atoms with Gasteiger partial charge in [0.1, 0.15) is 16.8 Å². The van der Waals surface area contributed by atoms with Gasteiger partial charge < -0.3 is 14.5 Å². The maximum Gasteiger partial charge on any atom is 0.265 e. The van der Waals surface area contributed by atoms with Gasteiger partial charge in [0.05, 0.1) is 5.02 Å². The highest BCUT2D eigenvalue weighted by molar-refractivity contribution is 6.35. The monoisotopic (exact) mass is 516 g/mol. The van der Waals surface area contributed by atoms with Crippen LogP contribution < -0.4 is 10.1 Å². The summed E-state index contributed by atoms with van der Waals surface area (Å²) in [6.45, 7) is 1.47. The number of fused-ring (bicyclic) bond motifs is 1. The zero-order valence-electron chi connectivity index (χ0n) is 16.9. The van der Waals surface area contributed by atoms with Gasteiger partial charge in [-0.1, -0.05) is 23.2 Å². The van der Waals surface area contributed by atoms with Crippen molar-refractivity contribution in [3.8, 4) is 17.2 Å². The highest BCUT2D eigenvalue weighted by Crippen LogP contribution is 2.34. The van der Waals surface area contributed by atoms with Crippen LogP contribution in [0.5, 0.6) is 5.75 Å². The molecule has 1 heterocycles. The van der Waals surface area contributed by atoms with Crippen molar-refractivity contribution in [1.29, 1.82) is 0 Å². The van der Waals surface area contributed by atoms with Crippen molar-refractivity contribution in [2.45, 2.75) is 13.0 Å². The molecule has 1 unspecified atom stereocenters. The molecule has 0 radical (unpaired) electrons. The first-order chi connectivity index (χ1) is 16.1. The van der Waals surface area contributed by atoms with E-state index in [0.29, 0.717) is 5.02 Å². The summed E-state index contributed by atoms with van der Waals surface area (Å²) in [5.74, 6) is -11.9. The number of carbonyl (C=O) groups is 1. The standard InChI is InChI=1S/C22H11Cl2F5N2O3/c1-8(33-13-4-2-9(23)6-11(13)24)21(32)30-10-3-5-14-12(7-10)31-22(34-14)15-16(25)18(27)20(29)19(28)17(15)26/h2-8H,1H3,(H,30,32). The second-order valence-electron chi connectivity index (χ2n) is 6.97. The highest BCUT2D eigenvalue weighted by Gasteiger charge is 2.29. The minimum Gasteiger partial charge on any atom is -0.479 e. The van der Waals surface area contributed by atoms with Crippen LogP contribution in [0.4, 0.5) is 27.6 Å². The molecule has 176 valence electrons. The van der Waals surface area contributed by atoms with Gasteiger partial charge in [0.2, 0.25) is 11.7 Å². The van der Waals surface area contributed by atoms with Gasteiger partial charge in [-0.3, -0.25) is 4.79 Å². The summed E-state index contributed by atoms with van der Waals surface area (Å²) in [5.41, 5.74) is -1.13. The van der Waals surface area contributed by atoms with Gasteiger partial charge >= 0.3 is 0 Å². The molecular formula is C22H11Cl2F5N2O3. The number of nitrogens with zero attached hydrogens (tertiary/aromatic N) is 1. The van der Waals surface area contributed by atoms with E-state index in [1.54, 1.807) is 0 Å². The van der Waals surface area contributed by atoms with Crippen molar-refractivity contribution < 1.29 is 35.9 Å². The van der Waals surface area contributed by atoms with Crippen LogP contribution in [0.15, 0.2) is 40.8 Å². The first kappa shape index (κ1) is 23.8. The number of hydrogen-bond donors (Lipinski definition) is 1. The lowest BCUT2D eigenvalue weighted by Gasteiger charge is -2.15. The van der Waals surface area contributed by atoms with Crippen molar-refractivity contribution in [1.82, 2.24) is 4.98 Å². The first-order valence-electron chi connectivity index (χ1n) is 9.41. The maximum absolute atomic E-state index is 14.1. The predicted octanol–water partition coefficient (Wildman–Crippen LogP) is 6.90. The van der Waals surface area contributed by atoms with Crippen LogP contribution in [0.1, 0.15) is 6.92 Å². The Kier molecular flexibility index (Phi) is 6.37. The zero-order chi connectivity index (χ0) is 24.7. The van der Waals surface area contributed by atoms with E-state index in [2.05, 4.69) is 10.3 Å². The molecule has 34 heavy (non-hydrogen) atoms. The molecule has 12 heteroatoms. The Labute approximate surface area is 198 Å². The summed E-state index contributed by atoms with van der Waals surface area (Å²) >= 11 is 11.8. The van der Waals surface area contributed by atoms with Crippen LogP contribution in [0, 0.1) is 29.1 Å². The minimum atomic E-state index is -2.30. The Hall–Kier alpha value is -3.37. The lowest BCUT2D eigenvalue weighted by Crippen LogP contribution is -2.30. The van der Waals surface area contributed by atoms with Crippen LogP contribution in [0.2, 0.25) is 10.0 Å². The van der Waals surface area contributed by atoms with Gasteiger partial charge in [0, 0.05) is 10.7 Å². The molecule has 3 aromatic carbocycles. The lowest BCUT2D eigenvalue weighted by molar-refractivity contribution is -0.122. The summed E-state index contributed by atoms with van der Waals surface area (Å²) in [4.78, 5) is 16.3. The fourth-order valence-corrected chi connectivity index (χ4v) is 3.42. The number of hydrogen-bond acceptors (Lipinski definition) is 4. The van der Waals surface area contributed by atoms with E-state index < -0.39 is 52.6 Å². The van der Waals surface area contributed by atoms with Gasteiger partial charge in [-0.15, -0.1) is 0 Å². The molecule has 1 N–H and O–H groups in total. The second-order valence-corrected chi connectivity index (χ2v) is 7.81. The third-order valence-electron chi connectivity index (χ3n) is 4.65. The van der Waals surface area contributed by atoms with Crippen LogP contribution >= 0.6 is 23.2 Å². The summed E-state index contributed by atoms with van der Waals surface area (Å²) < 4.78 is 79.2. The van der Waals surface area contributed by atoms with Crippen molar-refractivity contribution >= 4 is 45.9 Å². The molecule has 0 aliphatic rings. The fraction of sp³-hybridized carbons (Fsp3) is 0.0909. The van der Waals surface area contributed by atoms with Crippen LogP contribution in [-0.2, 0) is 4.79 Å². The molecule has 4 rings (SSSR count). The Morgan fingerprint density at radius 3 is 2.26 bits per heavy atom. The van der Waals surface area contributed by atoms with Crippen LogP contribution in [-0.4, -0.2) is 17.0 Å². The normalized spacial score (nSPS) is 12.1. The molecule has 1 amide bonds. The second kappa shape index (κ2) is 9.11. The highest BCUT2D eigenvalue weighted by atomic mass is 35.5. The molecular weight excluding hydrogens is 506 g/mol. The molecule has 0 fully saturated rings. The molecule has 0 saturated heterocycles.